The van der Waals surface area contributed by atoms with Gasteiger partial charge in [-0.15, -0.1) is 0 Å². The zero-order chi connectivity index (χ0) is 18.8. The van der Waals surface area contributed by atoms with E-state index in [-0.39, 0.29) is 11.5 Å². The Morgan fingerprint density at radius 1 is 1.04 bits per heavy atom. The molecule has 0 aliphatic heterocycles. The minimum absolute atomic E-state index is 0.154. The molecule has 2 amide bonds. The molecule has 0 heterocycles. The summed E-state index contributed by atoms with van der Waals surface area (Å²) in [6.07, 6.45) is 3.43. The number of benzene rings is 2. The van der Waals surface area contributed by atoms with Crippen LogP contribution in [0.1, 0.15) is 18.1 Å². The van der Waals surface area contributed by atoms with Crippen LogP contribution in [0.5, 0.6) is 0 Å². The van der Waals surface area contributed by atoms with Gasteiger partial charge in [-0.05, 0) is 24.1 Å². The maximum Gasteiger partial charge on any atom is 0.256 e. The van der Waals surface area contributed by atoms with Crippen LogP contribution < -0.4 is 10.6 Å². The van der Waals surface area contributed by atoms with Crippen molar-refractivity contribution >= 4 is 24.2 Å². The van der Waals surface area contributed by atoms with Gasteiger partial charge in [0.2, 0.25) is 12.2 Å². The van der Waals surface area contributed by atoms with Gasteiger partial charge in [-0.25, -0.2) is 0 Å². The molecule has 0 aliphatic carbocycles. The normalized spacial score (nSPS) is 12.1. The molecule has 0 saturated carbocycles. The Labute approximate surface area is 153 Å². The molecule has 0 aromatic heterocycles. The number of rotatable bonds is 8. The van der Waals surface area contributed by atoms with E-state index in [0.717, 1.165) is 5.56 Å². The summed E-state index contributed by atoms with van der Waals surface area (Å²) in [7, 11) is 0. The van der Waals surface area contributed by atoms with Gasteiger partial charge in [0, 0.05) is 13.0 Å². The first kappa shape index (κ1) is 19.1. The van der Waals surface area contributed by atoms with Gasteiger partial charge < -0.3 is 10.6 Å². The molecule has 0 spiro atoms. The second kappa shape index (κ2) is 9.93. The van der Waals surface area contributed by atoms with Crippen molar-refractivity contribution < 1.29 is 14.4 Å². The van der Waals surface area contributed by atoms with E-state index in [9.17, 15) is 14.4 Å². The molecule has 1 unspecified atom stereocenters. The van der Waals surface area contributed by atoms with Gasteiger partial charge >= 0.3 is 0 Å². The van der Waals surface area contributed by atoms with E-state index >= 15 is 0 Å². The fourth-order valence-corrected chi connectivity index (χ4v) is 2.45. The molecule has 5 heteroatoms. The van der Waals surface area contributed by atoms with Gasteiger partial charge in [-0.2, -0.15) is 0 Å². The summed E-state index contributed by atoms with van der Waals surface area (Å²) < 4.78 is 0. The number of amides is 2. The van der Waals surface area contributed by atoms with Crippen LogP contribution >= 0.6 is 0 Å². The molecule has 2 aromatic rings. The summed E-state index contributed by atoms with van der Waals surface area (Å²) in [5, 5.41) is 5.35. The van der Waals surface area contributed by atoms with Gasteiger partial charge in [0.15, 0.2) is 0 Å². The standard InChI is InChI=1S/C21H21N2O3/c1-2-22-21(26)19(14-17-11-7-4-8-12-17)23-20(25)18(15-24)13-16-9-5-3-6-10-16/h3-13,19H,2,14H2,1H3,(H,22,26)(H,23,25). The van der Waals surface area contributed by atoms with E-state index in [1.54, 1.807) is 37.5 Å². The third kappa shape index (κ3) is 5.70. The number of nitrogens with one attached hydrogen (secondary N) is 2. The maximum absolute atomic E-state index is 12.5. The van der Waals surface area contributed by atoms with Crippen LogP contribution in [0.2, 0.25) is 0 Å². The average molecular weight is 349 g/mol. The summed E-state index contributed by atoms with van der Waals surface area (Å²) in [6.45, 7) is 2.26. The molecule has 1 atom stereocenters. The third-order valence-electron chi connectivity index (χ3n) is 3.72. The lowest BCUT2D eigenvalue weighted by Gasteiger charge is -2.18. The molecular formula is C21H21N2O3. The molecule has 133 valence electrons. The summed E-state index contributed by atoms with van der Waals surface area (Å²) in [6, 6.07) is 17.6. The van der Waals surface area contributed by atoms with E-state index in [1.165, 1.54) is 6.08 Å². The summed E-state index contributed by atoms with van der Waals surface area (Å²) in [5.74, 6) is -0.925. The molecular weight excluding hydrogens is 328 g/mol. The topological polar surface area (TPSA) is 75.3 Å². The lowest BCUT2D eigenvalue weighted by atomic mass is 10.0. The Bertz CT molecular complexity index is 770. The Morgan fingerprint density at radius 3 is 2.23 bits per heavy atom. The summed E-state index contributed by atoms with van der Waals surface area (Å²) in [5.41, 5.74) is 1.46. The minimum atomic E-state index is -0.780. The smallest absolute Gasteiger partial charge is 0.256 e. The predicted molar refractivity (Wildman–Crippen MR) is 101 cm³/mol. The fraction of sp³-hybridized carbons (Fsp3) is 0.190. The number of hydrogen-bond acceptors (Lipinski definition) is 3. The first-order valence-corrected chi connectivity index (χ1v) is 8.41. The van der Waals surface area contributed by atoms with E-state index in [0.29, 0.717) is 18.5 Å². The van der Waals surface area contributed by atoms with Gasteiger partial charge in [0.1, 0.15) is 6.04 Å². The van der Waals surface area contributed by atoms with E-state index in [4.69, 9.17) is 0 Å². The molecule has 0 fully saturated rings. The van der Waals surface area contributed by atoms with E-state index < -0.39 is 11.9 Å². The highest BCUT2D eigenvalue weighted by molar-refractivity contribution is 6.15. The second-order valence-corrected chi connectivity index (χ2v) is 5.68. The van der Waals surface area contributed by atoms with Crippen molar-refractivity contribution in [2.45, 2.75) is 19.4 Å². The second-order valence-electron chi connectivity index (χ2n) is 5.68. The SMILES string of the molecule is CCNC(=O)C(Cc1ccccc1)NC(=O)C([C]=O)=Cc1ccccc1. The summed E-state index contributed by atoms with van der Waals surface area (Å²) in [4.78, 5) is 36.0. The average Bonchev–Trinajstić information content (AvgIpc) is 2.67. The molecule has 0 aliphatic rings. The largest absolute Gasteiger partial charge is 0.355 e. The van der Waals surface area contributed by atoms with E-state index in [1.807, 2.05) is 36.4 Å². The van der Waals surface area contributed by atoms with Crippen molar-refractivity contribution in [1.82, 2.24) is 10.6 Å². The highest BCUT2D eigenvalue weighted by Crippen LogP contribution is 2.08. The van der Waals surface area contributed by atoms with Gasteiger partial charge in [-0.3, -0.25) is 14.4 Å². The first-order valence-electron chi connectivity index (χ1n) is 8.41. The minimum Gasteiger partial charge on any atom is -0.355 e. The highest BCUT2D eigenvalue weighted by Gasteiger charge is 2.22. The molecule has 5 nitrogen and oxygen atoms in total. The summed E-state index contributed by atoms with van der Waals surface area (Å²) >= 11 is 0. The first-order chi connectivity index (χ1) is 12.6. The molecule has 26 heavy (non-hydrogen) atoms. The quantitative estimate of drug-likeness (QED) is 0.435. The van der Waals surface area contributed by atoms with Crippen LogP contribution in [-0.2, 0) is 20.8 Å². The lowest BCUT2D eigenvalue weighted by molar-refractivity contribution is -0.127. The van der Waals surface area contributed by atoms with Crippen molar-refractivity contribution in [2.75, 3.05) is 6.54 Å². The molecule has 1 radical (unpaired) electrons. The molecule has 0 saturated heterocycles. The van der Waals surface area contributed by atoms with Crippen molar-refractivity contribution in [3.05, 3.63) is 77.4 Å². The van der Waals surface area contributed by atoms with Crippen LogP contribution in [0.3, 0.4) is 0 Å². The Morgan fingerprint density at radius 2 is 1.65 bits per heavy atom. The molecule has 2 aromatic carbocycles. The predicted octanol–water partition coefficient (Wildman–Crippen LogP) is 2.04. The van der Waals surface area contributed by atoms with Crippen LogP contribution in [0.25, 0.3) is 6.08 Å². The van der Waals surface area contributed by atoms with Crippen LogP contribution in [-0.4, -0.2) is 30.7 Å². The number of carbonyl (C=O) groups is 2. The highest BCUT2D eigenvalue weighted by atomic mass is 16.2. The van der Waals surface area contributed by atoms with Crippen LogP contribution in [0.4, 0.5) is 0 Å². The fourth-order valence-electron chi connectivity index (χ4n) is 2.45. The Kier molecular flexibility index (Phi) is 7.31. The van der Waals surface area contributed by atoms with Crippen molar-refractivity contribution in [2.24, 2.45) is 0 Å². The lowest BCUT2D eigenvalue weighted by Crippen LogP contribution is -2.48. The van der Waals surface area contributed by atoms with Crippen molar-refractivity contribution in [3.63, 3.8) is 0 Å². The van der Waals surface area contributed by atoms with Crippen molar-refractivity contribution in [3.8, 4) is 0 Å². The van der Waals surface area contributed by atoms with Gasteiger partial charge in [0.05, 0.1) is 5.57 Å². The number of carbonyl (C=O) groups excluding carboxylic acids is 3. The van der Waals surface area contributed by atoms with Crippen LogP contribution in [0.15, 0.2) is 66.2 Å². The van der Waals surface area contributed by atoms with Gasteiger partial charge in [0.25, 0.3) is 5.91 Å². The molecule has 2 N–H and O–H groups in total. The number of likely N-dealkylation sites (N-methyl/N-ethyl adjacent to an activating group) is 1. The number of hydrogen-bond donors (Lipinski definition) is 2. The zero-order valence-electron chi connectivity index (χ0n) is 14.6. The monoisotopic (exact) mass is 349 g/mol. The molecule has 0 bridgehead atoms. The third-order valence-corrected chi connectivity index (χ3v) is 3.72. The van der Waals surface area contributed by atoms with Gasteiger partial charge in [-0.1, -0.05) is 60.7 Å². The van der Waals surface area contributed by atoms with E-state index in [2.05, 4.69) is 10.6 Å². The maximum atomic E-state index is 12.5. The zero-order valence-corrected chi connectivity index (χ0v) is 14.6. The molecule has 2 rings (SSSR count). The Balaban J connectivity index is 2.17. The van der Waals surface area contributed by atoms with Crippen LogP contribution in [0, 0.1) is 0 Å². The Hall–Kier alpha value is -3.21. The van der Waals surface area contributed by atoms with Crippen molar-refractivity contribution in [1.29, 1.82) is 0 Å².